The Balaban J connectivity index is 1.69. The van der Waals surface area contributed by atoms with Gasteiger partial charge in [0.15, 0.2) is 11.6 Å². The van der Waals surface area contributed by atoms with Gasteiger partial charge in [0.05, 0.1) is 11.0 Å². The predicted octanol–water partition coefficient (Wildman–Crippen LogP) is 7.60. The average molecular weight is 455 g/mol. The smallest absolute Gasteiger partial charge is 0.164 e. The van der Waals surface area contributed by atoms with Crippen molar-refractivity contribution in [2.45, 2.75) is 26.2 Å². The summed E-state index contributed by atoms with van der Waals surface area (Å²) in [5.41, 5.74) is 5.21. The van der Waals surface area contributed by atoms with Crippen LogP contribution in [0.25, 0.3) is 50.3 Å². The number of hydrogen-bond donors (Lipinski definition) is 0. The average Bonchev–Trinajstić information content (AvgIpc) is 3.23. The van der Waals surface area contributed by atoms with Gasteiger partial charge in [0.2, 0.25) is 0 Å². The summed E-state index contributed by atoms with van der Waals surface area (Å²) in [6.45, 7) is 6.42. The van der Waals surface area contributed by atoms with Crippen LogP contribution in [-0.4, -0.2) is 19.5 Å². The minimum atomic E-state index is -0.215. The van der Waals surface area contributed by atoms with Gasteiger partial charge < -0.3 is 4.57 Å². The first kappa shape index (κ1) is 21.2. The van der Waals surface area contributed by atoms with E-state index in [9.17, 15) is 0 Å². The molecule has 4 aromatic carbocycles. The second kappa shape index (κ2) is 8.17. The molecule has 0 bridgehead atoms. The van der Waals surface area contributed by atoms with Crippen LogP contribution in [-0.2, 0) is 5.41 Å². The molecule has 0 N–H and O–H groups in total. The SMILES string of the molecule is CC(C)(C)c1nc(-c2ccccc2)nc(-c2cccc3c2c2ccccc2n3-c2ccccc2)n1. The number of rotatable bonds is 3. The van der Waals surface area contributed by atoms with Crippen LogP contribution in [0.1, 0.15) is 26.6 Å². The van der Waals surface area contributed by atoms with Gasteiger partial charge in [-0.1, -0.05) is 99.6 Å². The Kier molecular flexibility index (Phi) is 4.96. The molecular formula is C31H26N4. The molecule has 0 saturated carbocycles. The van der Waals surface area contributed by atoms with E-state index in [0.717, 1.165) is 39.1 Å². The van der Waals surface area contributed by atoms with Crippen molar-refractivity contribution in [2.24, 2.45) is 0 Å². The van der Waals surface area contributed by atoms with E-state index in [1.165, 1.54) is 5.39 Å². The lowest BCUT2D eigenvalue weighted by Gasteiger charge is -2.18. The van der Waals surface area contributed by atoms with Gasteiger partial charge >= 0.3 is 0 Å². The molecule has 2 heterocycles. The van der Waals surface area contributed by atoms with Crippen LogP contribution in [0.5, 0.6) is 0 Å². The molecule has 35 heavy (non-hydrogen) atoms. The fourth-order valence-electron chi connectivity index (χ4n) is 4.61. The molecule has 0 fully saturated rings. The summed E-state index contributed by atoms with van der Waals surface area (Å²) in [5, 5.41) is 2.33. The van der Waals surface area contributed by atoms with Crippen molar-refractivity contribution in [1.82, 2.24) is 19.5 Å². The van der Waals surface area contributed by atoms with Crippen molar-refractivity contribution in [2.75, 3.05) is 0 Å². The summed E-state index contributed by atoms with van der Waals surface area (Å²) < 4.78 is 2.32. The normalized spacial score (nSPS) is 11.9. The Labute approximate surface area is 205 Å². The molecule has 0 spiro atoms. The second-order valence-corrected chi connectivity index (χ2v) is 9.81. The van der Waals surface area contributed by atoms with Crippen LogP contribution in [0, 0.1) is 0 Å². The molecule has 0 saturated heterocycles. The van der Waals surface area contributed by atoms with Gasteiger partial charge in [0.1, 0.15) is 5.82 Å². The largest absolute Gasteiger partial charge is 0.309 e. The fourth-order valence-corrected chi connectivity index (χ4v) is 4.61. The highest BCUT2D eigenvalue weighted by Gasteiger charge is 2.23. The fraction of sp³-hybridized carbons (Fsp3) is 0.129. The molecule has 4 heteroatoms. The Bertz CT molecular complexity index is 1660. The predicted molar refractivity (Wildman–Crippen MR) is 144 cm³/mol. The number of fused-ring (bicyclic) bond motifs is 3. The quantitative estimate of drug-likeness (QED) is 0.276. The molecule has 0 radical (unpaired) electrons. The molecule has 2 aromatic heterocycles. The number of nitrogens with zero attached hydrogens (tertiary/aromatic N) is 4. The van der Waals surface area contributed by atoms with E-state index < -0.39 is 0 Å². The van der Waals surface area contributed by atoms with Crippen molar-refractivity contribution in [3.63, 3.8) is 0 Å². The first-order valence-corrected chi connectivity index (χ1v) is 11.9. The van der Waals surface area contributed by atoms with E-state index in [2.05, 4.69) is 92.1 Å². The van der Waals surface area contributed by atoms with Crippen molar-refractivity contribution < 1.29 is 0 Å². The molecule has 0 unspecified atom stereocenters. The van der Waals surface area contributed by atoms with Gasteiger partial charge in [-0.05, 0) is 24.3 Å². The third kappa shape index (κ3) is 3.68. The molecule has 6 rings (SSSR count). The standard InChI is InChI=1S/C31H26N4/c1-31(2,3)30-33-28(21-13-6-4-7-14-21)32-29(34-30)24-18-12-20-26-27(24)23-17-10-11-19-25(23)35(26)22-15-8-5-9-16-22/h4-20H,1-3H3. The molecule has 6 aromatic rings. The van der Waals surface area contributed by atoms with Crippen LogP contribution >= 0.6 is 0 Å². The van der Waals surface area contributed by atoms with Crippen LogP contribution in [0.4, 0.5) is 0 Å². The molecule has 0 amide bonds. The Morgan fingerprint density at radius 3 is 1.94 bits per heavy atom. The van der Waals surface area contributed by atoms with Gasteiger partial charge in [-0.25, -0.2) is 15.0 Å². The highest BCUT2D eigenvalue weighted by Crippen LogP contribution is 2.38. The lowest BCUT2D eigenvalue weighted by molar-refractivity contribution is 0.543. The van der Waals surface area contributed by atoms with E-state index in [1.54, 1.807) is 0 Å². The molecule has 0 aliphatic carbocycles. The second-order valence-electron chi connectivity index (χ2n) is 9.81. The van der Waals surface area contributed by atoms with E-state index >= 15 is 0 Å². The highest BCUT2D eigenvalue weighted by atomic mass is 15.0. The zero-order valence-corrected chi connectivity index (χ0v) is 20.1. The lowest BCUT2D eigenvalue weighted by atomic mass is 9.95. The van der Waals surface area contributed by atoms with Crippen LogP contribution in [0.2, 0.25) is 0 Å². The Morgan fingerprint density at radius 1 is 0.571 bits per heavy atom. The summed E-state index contributed by atoms with van der Waals surface area (Å²) in [6.07, 6.45) is 0. The number of para-hydroxylation sites is 2. The number of hydrogen-bond acceptors (Lipinski definition) is 3. The zero-order valence-electron chi connectivity index (χ0n) is 20.1. The van der Waals surface area contributed by atoms with E-state index in [1.807, 2.05) is 36.4 Å². The van der Waals surface area contributed by atoms with Crippen LogP contribution in [0.15, 0.2) is 103 Å². The maximum Gasteiger partial charge on any atom is 0.164 e. The van der Waals surface area contributed by atoms with Crippen molar-refractivity contribution >= 4 is 21.8 Å². The van der Waals surface area contributed by atoms with Gasteiger partial charge in [-0.3, -0.25) is 0 Å². The monoisotopic (exact) mass is 454 g/mol. The first-order chi connectivity index (χ1) is 17.0. The third-order valence-electron chi connectivity index (χ3n) is 6.29. The summed E-state index contributed by atoms with van der Waals surface area (Å²) >= 11 is 0. The Morgan fingerprint density at radius 2 is 1.20 bits per heavy atom. The topological polar surface area (TPSA) is 43.6 Å². The van der Waals surface area contributed by atoms with Gasteiger partial charge in [0.25, 0.3) is 0 Å². The van der Waals surface area contributed by atoms with Gasteiger partial charge in [0, 0.05) is 33.0 Å². The van der Waals surface area contributed by atoms with E-state index in [4.69, 9.17) is 15.0 Å². The van der Waals surface area contributed by atoms with Gasteiger partial charge in [-0.2, -0.15) is 0 Å². The highest BCUT2D eigenvalue weighted by molar-refractivity contribution is 6.15. The molecule has 0 aliphatic rings. The lowest BCUT2D eigenvalue weighted by Crippen LogP contribution is -2.18. The molecule has 170 valence electrons. The van der Waals surface area contributed by atoms with Crippen molar-refractivity contribution in [3.8, 4) is 28.5 Å². The van der Waals surface area contributed by atoms with Crippen molar-refractivity contribution in [1.29, 1.82) is 0 Å². The molecule has 0 atom stereocenters. The van der Waals surface area contributed by atoms with Gasteiger partial charge in [-0.15, -0.1) is 0 Å². The van der Waals surface area contributed by atoms with E-state index in [-0.39, 0.29) is 5.41 Å². The summed E-state index contributed by atoms with van der Waals surface area (Å²) in [5.74, 6) is 2.18. The third-order valence-corrected chi connectivity index (χ3v) is 6.29. The van der Waals surface area contributed by atoms with Crippen LogP contribution in [0.3, 0.4) is 0 Å². The zero-order chi connectivity index (χ0) is 24.0. The van der Waals surface area contributed by atoms with Crippen molar-refractivity contribution in [3.05, 3.63) is 109 Å². The molecular weight excluding hydrogens is 428 g/mol. The number of aromatic nitrogens is 4. The first-order valence-electron chi connectivity index (χ1n) is 11.9. The summed E-state index contributed by atoms with van der Waals surface area (Å²) in [7, 11) is 0. The molecule has 0 aliphatic heterocycles. The maximum atomic E-state index is 5.01. The minimum Gasteiger partial charge on any atom is -0.309 e. The van der Waals surface area contributed by atoms with E-state index in [0.29, 0.717) is 11.6 Å². The maximum absolute atomic E-state index is 5.01. The summed E-state index contributed by atoms with van der Waals surface area (Å²) in [4.78, 5) is 14.9. The summed E-state index contributed by atoms with van der Waals surface area (Å²) in [6, 6.07) is 35.6. The van der Waals surface area contributed by atoms with Crippen LogP contribution < -0.4 is 0 Å². The molecule has 4 nitrogen and oxygen atoms in total. The number of benzene rings is 4. The minimum absolute atomic E-state index is 0.215. The Hall–Kier alpha value is -4.31.